The molecule has 0 heterocycles. The van der Waals surface area contributed by atoms with Gasteiger partial charge in [-0.1, -0.05) is 35.7 Å². The van der Waals surface area contributed by atoms with Crippen molar-refractivity contribution < 1.29 is 4.79 Å². The number of nitrogens with two attached hydrogens (primary N) is 1. The standard InChI is InChI=1S/C6H13BrN2O/c1-2-3-4-5(7)9-6(8)10/h5H,2-4H2,1H3,(H3,8,9,10). The van der Waals surface area contributed by atoms with Crippen LogP contribution in [-0.4, -0.2) is 11.0 Å². The largest absolute Gasteiger partial charge is 0.352 e. The number of amides is 2. The summed E-state index contributed by atoms with van der Waals surface area (Å²) >= 11 is 3.27. The van der Waals surface area contributed by atoms with Crippen molar-refractivity contribution >= 4 is 22.0 Å². The minimum Gasteiger partial charge on any atom is -0.352 e. The van der Waals surface area contributed by atoms with Crippen LogP contribution >= 0.6 is 15.9 Å². The fourth-order valence-corrected chi connectivity index (χ4v) is 1.16. The third-order valence-corrected chi connectivity index (χ3v) is 1.80. The van der Waals surface area contributed by atoms with Crippen LogP contribution in [0.25, 0.3) is 0 Å². The van der Waals surface area contributed by atoms with Crippen LogP contribution in [0, 0.1) is 0 Å². The molecule has 3 N–H and O–H groups in total. The zero-order valence-electron chi connectivity index (χ0n) is 6.06. The quantitative estimate of drug-likeness (QED) is 0.535. The average molecular weight is 209 g/mol. The average Bonchev–Trinajstić information content (AvgIpc) is 1.82. The second kappa shape index (κ2) is 5.53. The van der Waals surface area contributed by atoms with E-state index in [1.165, 1.54) is 0 Å². The molecule has 1 unspecified atom stereocenters. The number of rotatable bonds is 4. The van der Waals surface area contributed by atoms with Crippen LogP contribution in [0.5, 0.6) is 0 Å². The topological polar surface area (TPSA) is 55.1 Å². The van der Waals surface area contributed by atoms with Gasteiger partial charge in [-0.3, -0.25) is 0 Å². The van der Waals surface area contributed by atoms with Crippen LogP contribution in [0.1, 0.15) is 26.2 Å². The number of hydrogen-bond acceptors (Lipinski definition) is 1. The molecule has 0 aliphatic carbocycles. The predicted octanol–water partition coefficient (Wildman–Crippen LogP) is 1.57. The summed E-state index contributed by atoms with van der Waals surface area (Å²) in [6.45, 7) is 2.10. The molecule has 0 aliphatic heterocycles. The van der Waals surface area contributed by atoms with E-state index in [0.717, 1.165) is 19.3 Å². The van der Waals surface area contributed by atoms with Crippen LogP contribution in [-0.2, 0) is 0 Å². The Balaban J connectivity index is 3.25. The second-order valence-electron chi connectivity index (χ2n) is 2.12. The molecule has 2 amide bonds. The lowest BCUT2D eigenvalue weighted by atomic mass is 10.2. The molecule has 0 aromatic rings. The van der Waals surface area contributed by atoms with Gasteiger partial charge in [0.2, 0.25) is 0 Å². The predicted molar refractivity (Wildman–Crippen MR) is 45.0 cm³/mol. The molecule has 0 saturated heterocycles. The van der Waals surface area contributed by atoms with Crippen LogP contribution in [0.3, 0.4) is 0 Å². The van der Waals surface area contributed by atoms with Crippen molar-refractivity contribution in [2.45, 2.75) is 31.1 Å². The smallest absolute Gasteiger partial charge is 0.313 e. The van der Waals surface area contributed by atoms with Gasteiger partial charge in [0.15, 0.2) is 0 Å². The van der Waals surface area contributed by atoms with Crippen molar-refractivity contribution in [3.8, 4) is 0 Å². The Morgan fingerprint density at radius 3 is 2.80 bits per heavy atom. The lowest BCUT2D eigenvalue weighted by Crippen LogP contribution is -2.34. The lowest BCUT2D eigenvalue weighted by Gasteiger charge is -2.08. The van der Waals surface area contributed by atoms with Crippen LogP contribution in [0.2, 0.25) is 0 Å². The molecule has 0 aliphatic rings. The summed E-state index contributed by atoms with van der Waals surface area (Å²) in [5.74, 6) is 0. The van der Waals surface area contributed by atoms with Gasteiger partial charge >= 0.3 is 6.03 Å². The lowest BCUT2D eigenvalue weighted by molar-refractivity contribution is 0.248. The number of hydrogen-bond donors (Lipinski definition) is 2. The zero-order chi connectivity index (χ0) is 7.98. The third kappa shape index (κ3) is 5.88. The van der Waals surface area contributed by atoms with E-state index < -0.39 is 6.03 Å². The van der Waals surface area contributed by atoms with E-state index in [2.05, 4.69) is 28.2 Å². The van der Waals surface area contributed by atoms with E-state index in [9.17, 15) is 4.79 Å². The minimum atomic E-state index is -0.474. The summed E-state index contributed by atoms with van der Waals surface area (Å²) in [6, 6.07) is -0.474. The van der Waals surface area contributed by atoms with Gasteiger partial charge in [0.1, 0.15) is 0 Å². The highest BCUT2D eigenvalue weighted by molar-refractivity contribution is 9.09. The molecule has 10 heavy (non-hydrogen) atoms. The highest BCUT2D eigenvalue weighted by atomic mass is 79.9. The second-order valence-corrected chi connectivity index (χ2v) is 3.22. The van der Waals surface area contributed by atoms with Gasteiger partial charge in [0.05, 0.1) is 4.95 Å². The van der Waals surface area contributed by atoms with Crippen LogP contribution in [0.15, 0.2) is 0 Å². The molecule has 0 saturated carbocycles. The van der Waals surface area contributed by atoms with Gasteiger partial charge in [0.25, 0.3) is 0 Å². The van der Waals surface area contributed by atoms with E-state index in [0.29, 0.717) is 0 Å². The molecule has 0 fully saturated rings. The Labute approximate surface area is 69.5 Å². The summed E-state index contributed by atoms with van der Waals surface area (Å²) in [5, 5.41) is 2.53. The van der Waals surface area contributed by atoms with Gasteiger partial charge in [-0.2, -0.15) is 0 Å². The minimum absolute atomic E-state index is 0.0324. The van der Waals surface area contributed by atoms with Crippen LogP contribution in [0.4, 0.5) is 4.79 Å². The Kier molecular flexibility index (Phi) is 5.39. The van der Waals surface area contributed by atoms with Crippen molar-refractivity contribution in [3.63, 3.8) is 0 Å². The summed E-state index contributed by atoms with van der Waals surface area (Å²) in [5.41, 5.74) is 4.89. The first-order valence-electron chi connectivity index (χ1n) is 3.37. The fraction of sp³-hybridized carbons (Fsp3) is 0.833. The Morgan fingerprint density at radius 2 is 2.40 bits per heavy atom. The summed E-state index contributed by atoms with van der Waals surface area (Å²) in [7, 11) is 0. The molecular weight excluding hydrogens is 196 g/mol. The SMILES string of the molecule is CCCCC(Br)NC(N)=O. The third-order valence-electron chi connectivity index (χ3n) is 1.11. The molecule has 0 aromatic carbocycles. The molecule has 1 atom stereocenters. The molecule has 0 rings (SSSR count). The van der Waals surface area contributed by atoms with E-state index >= 15 is 0 Å². The van der Waals surface area contributed by atoms with Crippen molar-refractivity contribution in [2.24, 2.45) is 5.73 Å². The first kappa shape index (κ1) is 9.75. The molecule has 0 radical (unpaired) electrons. The fourth-order valence-electron chi connectivity index (χ4n) is 0.610. The maximum Gasteiger partial charge on any atom is 0.313 e. The van der Waals surface area contributed by atoms with Crippen molar-refractivity contribution in [3.05, 3.63) is 0 Å². The van der Waals surface area contributed by atoms with E-state index in [1.54, 1.807) is 0 Å². The van der Waals surface area contributed by atoms with Gasteiger partial charge < -0.3 is 11.1 Å². The first-order chi connectivity index (χ1) is 4.66. The maximum absolute atomic E-state index is 10.3. The zero-order valence-corrected chi connectivity index (χ0v) is 7.65. The number of primary amides is 1. The summed E-state index contributed by atoms with van der Waals surface area (Å²) in [4.78, 5) is 10.3. The van der Waals surface area contributed by atoms with Crippen LogP contribution < -0.4 is 11.1 Å². The van der Waals surface area contributed by atoms with Gasteiger partial charge in [-0.15, -0.1) is 0 Å². The summed E-state index contributed by atoms with van der Waals surface area (Å²) in [6.07, 6.45) is 3.15. The molecule has 60 valence electrons. The van der Waals surface area contributed by atoms with E-state index in [4.69, 9.17) is 5.73 Å². The number of alkyl halides is 1. The Morgan fingerprint density at radius 1 is 1.80 bits per heavy atom. The molecular formula is C6H13BrN2O. The summed E-state index contributed by atoms with van der Waals surface area (Å²) < 4.78 is 0. The molecule has 3 nitrogen and oxygen atoms in total. The van der Waals surface area contributed by atoms with Gasteiger partial charge in [0, 0.05) is 0 Å². The Bertz CT molecular complexity index is 108. The van der Waals surface area contributed by atoms with E-state index in [-0.39, 0.29) is 4.95 Å². The molecule has 0 aromatic heterocycles. The van der Waals surface area contributed by atoms with Crippen molar-refractivity contribution in [2.75, 3.05) is 0 Å². The van der Waals surface area contributed by atoms with Crippen molar-refractivity contribution in [1.82, 2.24) is 5.32 Å². The first-order valence-corrected chi connectivity index (χ1v) is 4.28. The number of urea groups is 1. The monoisotopic (exact) mass is 208 g/mol. The molecule has 4 heteroatoms. The maximum atomic E-state index is 10.3. The normalized spacial score (nSPS) is 12.6. The number of carbonyl (C=O) groups excluding carboxylic acids is 1. The molecule has 0 bridgehead atoms. The van der Waals surface area contributed by atoms with Crippen molar-refractivity contribution in [1.29, 1.82) is 0 Å². The number of halogens is 1. The highest BCUT2D eigenvalue weighted by Gasteiger charge is 2.02. The van der Waals surface area contributed by atoms with Gasteiger partial charge in [-0.25, -0.2) is 4.79 Å². The highest BCUT2D eigenvalue weighted by Crippen LogP contribution is 2.05. The van der Waals surface area contributed by atoms with Gasteiger partial charge in [-0.05, 0) is 6.42 Å². The number of unbranched alkanes of at least 4 members (excludes halogenated alkanes) is 1. The Hall–Kier alpha value is -0.250. The number of carbonyl (C=O) groups is 1. The molecule has 0 spiro atoms. The number of nitrogens with one attached hydrogen (secondary N) is 1. The van der Waals surface area contributed by atoms with E-state index in [1.807, 2.05) is 0 Å².